The molecule has 8 nitrogen and oxygen atoms in total. The van der Waals surface area contributed by atoms with Crippen molar-refractivity contribution in [2.45, 2.75) is 0 Å². The number of carbonyl (C=O) groups excluding carboxylic acids is 1. The molecule has 0 aliphatic carbocycles. The summed E-state index contributed by atoms with van der Waals surface area (Å²) in [5, 5.41) is 5.06. The lowest BCUT2D eigenvalue weighted by Crippen LogP contribution is -2.48. The lowest BCUT2D eigenvalue weighted by Gasteiger charge is -2.36. The first-order chi connectivity index (χ1) is 17.2. The molecular formula is C27H33N5O3. The summed E-state index contributed by atoms with van der Waals surface area (Å²) in [4.78, 5) is 24.8. The van der Waals surface area contributed by atoms with Gasteiger partial charge in [-0.25, -0.2) is 4.98 Å². The van der Waals surface area contributed by atoms with Crippen molar-refractivity contribution in [3.8, 4) is 5.75 Å². The molecule has 2 fully saturated rings. The first-order valence-corrected chi connectivity index (χ1v) is 12.3. The van der Waals surface area contributed by atoms with Gasteiger partial charge in [-0.1, -0.05) is 24.3 Å². The van der Waals surface area contributed by atoms with Crippen molar-refractivity contribution in [3.63, 3.8) is 0 Å². The fourth-order valence-corrected chi connectivity index (χ4v) is 4.83. The van der Waals surface area contributed by atoms with Crippen LogP contribution in [0.25, 0.3) is 10.8 Å². The van der Waals surface area contributed by atoms with E-state index in [4.69, 9.17) is 9.47 Å². The van der Waals surface area contributed by atoms with Gasteiger partial charge in [0, 0.05) is 69.6 Å². The number of anilines is 2. The van der Waals surface area contributed by atoms with Gasteiger partial charge in [-0.3, -0.25) is 9.69 Å². The molecule has 2 aliphatic rings. The molecule has 1 N–H and O–H groups in total. The maximum Gasteiger partial charge on any atom is 0.253 e. The third-order valence-corrected chi connectivity index (χ3v) is 6.85. The van der Waals surface area contributed by atoms with Crippen LogP contribution in [0.1, 0.15) is 10.4 Å². The number of piperazine rings is 1. The molecule has 5 rings (SSSR count). The number of hydrogen-bond donors (Lipinski definition) is 1. The highest BCUT2D eigenvalue weighted by molar-refractivity contribution is 6.09. The fraction of sp³-hybridized carbons (Fsp3) is 0.407. The van der Waals surface area contributed by atoms with Crippen LogP contribution < -0.4 is 19.9 Å². The van der Waals surface area contributed by atoms with Crippen LogP contribution in [0.4, 0.5) is 11.5 Å². The molecule has 0 atom stereocenters. The number of carbonyl (C=O) groups is 1. The number of ether oxygens (including phenoxy) is 2. The Morgan fingerprint density at radius 3 is 2.37 bits per heavy atom. The minimum atomic E-state index is -0.0703. The van der Waals surface area contributed by atoms with Crippen molar-refractivity contribution in [1.29, 1.82) is 0 Å². The summed E-state index contributed by atoms with van der Waals surface area (Å²) in [5.41, 5.74) is 1.85. The molecule has 0 spiro atoms. The molecule has 184 valence electrons. The number of nitrogens with zero attached hydrogens (tertiary/aromatic N) is 4. The SMILES string of the molecule is COc1ccc(N2CCN(CCNC(=O)c3cnc(N4CCOCC4)c4ccccc34)CC2)cc1. The molecule has 2 aromatic carbocycles. The number of pyridine rings is 1. The van der Waals surface area contributed by atoms with Crippen LogP contribution in [0.3, 0.4) is 0 Å². The Labute approximate surface area is 206 Å². The molecule has 1 aromatic heterocycles. The topological polar surface area (TPSA) is 70.2 Å². The van der Waals surface area contributed by atoms with Gasteiger partial charge in [0.1, 0.15) is 11.6 Å². The van der Waals surface area contributed by atoms with Crippen LogP contribution in [-0.4, -0.2) is 88.5 Å². The Morgan fingerprint density at radius 1 is 0.943 bits per heavy atom. The van der Waals surface area contributed by atoms with Crippen molar-refractivity contribution in [3.05, 3.63) is 60.3 Å². The second-order valence-electron chi connectivity index (χ2n) is 8.92. The molecule has 35 heavy (non-hydrogen) atoms. The Morgan fingerprint density at radius 2 is 1.66 bits per heavy atom. The standard InChI is InChI=1S/C27H33N5O3/c1-34-22-8-6-21(7-9-22)31-14-12-30(13-15-31)11-10-28-27(33)25-20-29-26(32-16-18-35-19-17-32)24-5-3-2-4-23(24)25/h2-9,20H,10-19H2,1H3,(H,28,33). The predicted octanol–water partition coefficient (Wildman–Crippen LogP) is 2.63. The van der Waals surface area contributed by atoms with E-state index in [0.29, 0.717) is 25.3 Å². The summed E-state index contributed by atoms with van der Waals surface area (Å²) in [7, 11) is 1.69. The van der Waals surface area contributed by atoms with Crippen LogP contribution >= 0.6 is 0 Å². The van der Waals surface area contributed by atoms with E-state index in [0.717, 1.165) is 68.2 Å². The van der Waals surface area contributed by atoms with E-state index in [1.807, 2.05) is 36.4 Å². The number of amides is 1. The minimum absolute atomic E-state index is 0.0703. The van der Waals surface area contributed by atoms with Crippen molar-refractivity contribution >= 4 is 28.2 Å². The lowest BCUT2D eigenvalue weighted by molar-refractivity contribution is 0.0949. The van der Waals surface area contributed by atoms with Gasteiger partial charge in [0.05, 0.1) is 25.9 Å². The second-order valence-corrected chi connectivity index (χ2v) is 8.92. The molecule has 0 radical (unpaired) electrons. The van der Waals surface area contributed by atoms with Gasteiger partial charge in [0.25, 0.3) is 5.91 Å². The van der Waals surface area contributed by atoms with Gasteiger partial charge < -0.3 is 24.6 Å². The van der Waals surface area contributed by atoms with Gasteiger partial charge in [0.15, 0.2) is 0 Å². The molecule has 3 aromatic rings. The fourth-order valence-electron chi connectivity index (χ4n) is 4.83. The Hall–Kier alpha value is -3.36. The highest BCUT2D eigenvalue weighted by Gasteiger charge is 2.20. The third kappa shape index (κ3) is 5.33. The van der Waals surface area contributed by atoms with Crippen LogP contribution in [-0.2, 0) is 4.74 Å². The molecule has 3 heterocycles. The van der Waals surface area contributed by atoms with E-state index in [1.165, 1.54) is 5.69 Å². The average molecular weight is 476 g/mol. The van der Waals surface area contributed by atoms with E-state index >= 15 is 0 Å². The molecule has 1 amide bonds. The van der Waals surface area contributed by atoms with Crippen LogP contribution in [0.2, 0.25) is 0 Å². The Kier molecular flexibility index (Phi) is 7.30. The average Bonchev–Trinajstić information content (AvgIpc) is 2.93. The number of methoxy groups -OCH3 is 1. The Balaban J connectivity index is 1.15. The van der Waals surface area contributed by atoms with Gasteiger partial charge in [0.2, 0.25) is 0 Å². The molecular weight excluding hydrogens is 442 g/mol. The van der Waals surface area contributed by atoms with Crippen molar-refractivity contribution in [2.75, 3.05) is 82.5 Å². The third-order valence-electron chi connectivity index (χ3n) is 6.85. The van der Waals surface area contributed by atoms with Gasteiger partial charge in [-0.2, -0.15) is 0 Å². The lowest BCUT2D eigenvalue weighted by atomic mass is 10.1. The van der Waals surface area contributed by atoms with E-state index in [2.05, 4.69) is 37.1 Å². The molecule has 0 unspecified atom stereocenters. The zero-order chi connectivity index (χ0) is 24.0. The number of hydrogen-bond acceptors (Lipinski definition) is 7. The maximum atomic E-state index is 13.1. The summed E-state index contributed by atoms with van der Waals surface area (Å²) in [6.07, 6.45) is 1.72. The quantitative estimate of drug-likeness (QED) is 0.563. The number of benzene rings is 2. The normalized spacial score (nSPS) is 16.9. The second kappa shape index (κ2) is 10.9. The van der Waals surface area contributed by atoms with Crippen molar-refractivity contribution in [1.82, 2.24) is 15.2 Å². The van der Waals surface area contributed by atoms with E-state index in [9.17, 15) is 4.79 Å². The summed E-state index contributed by atoms with van der Waals surface area (Å²) in [6, 6.07) is 16.3. The van der Waals surface area contributed by atoms with Crippen LogP contribution in [0, 0.1) is 0 Å². The van der Waals surface area contributed by atoms with Gasteiger partial charge in [-0.05, 0) is 29.7 Å². The molecule has 2 aliphatic heterocycles. The largest absolute Gasteiger partial charge is 0.497 e. The molecule has 0 saturated carbocycles. The van der Waals surface area contributed by atoms with E-state index in [-0.39, 0.29) is 5.91 Å². The zero-order valence-electron chi connectivity index (χ0n) is 20.3. The monoisotopic (exact) mass is 475 g/mol. The highest BCUT2D eigenvalue weighted by Crippen LogP contribution is 2.28. The summed E-state index contributed by atoms with van der Waals surface area (Å²) < 4.78 is 10.7. The van der Waals surface area contributed by atoms with Gasteiger partial charge in [-0.15, -0.1) is 0 Å². The zero-order valence-corrected chi connectivity index (χ0v) is 20.3. The molecule has 8 heteroatoms. The maximum absolute atomic E-state index is 13.1. The van der Waals surface area contributed by atoms with Crippen molar-refractivity contribution in [2.24, 2.45) is 0 Å². The first kappa shape index (κ1) is 23.4. The molecule has 0 bridgehead atoms. The smallest absolute Gasteiger partial charge is 0.253 e. The predicted molar refractivity (Wildman–Crippen MR) is 139 cm³/mol. The number of morpholine rings is 1. The molecule has 2 saturated heterocycles. The summed E-state index contributed by atoms with van der Waals surface area (Å²) in [5.74, 6) is 1.73. The van der Waals surface area contributed by atoms with Crippen LogP contribution in [0.5, 0.6) is 5.75 Å². The number of aromatic nitrogens is 1. The number of fused-ring (bicyclic) bond motifs is 1. The summed E-state index contributed by atoms with van der Waals surface area (Å²) in [6.45, 7) is 8.36. The van der Waals surface area contributed by atoms with E-state index in [1.54, 1.807) is 13.3 Å². The van der Waals surface area contributed by atoms with Gasteiger partial charge >= 0.3 is 0 Å². The first-order valence-electron chi connectivity index (χ1n) is 12.3. The number of rotatable bonds is 7. The van der Waals surface area contributed by atoms with Crippen molar-refractivity contribution < 1.29 is 14.3 Å². The van der Waals surface area contributed by atoms with E-state index < -0.39 is 0 Å². The summed E-state index contributed by atoms with van der Waals surface area (Å²) >= 11 is 0. The number of nitrogens with one attached hydrogen (secondary N) is 1. The highest BCUT2D eigenvalue weighted by atomic mass is 16.5. The minimum Gasteiger partial charge on any atom is -0.497 e. The Bertz CT molecular complexity index is 1140. The van der Waals surface area contributed by atoms with Crippen LogP contribution in [0.15, 0.2) is 54.7 Å².